The number of rotatable bonds is 3. The summed E-state index contributed by atoms with van der Waals surface area (Å²) in [6.45, 7) is 2.78. The average molecular weight is 260 g/mol. The van der Waals surface area contributed by atoms with E-state index in [1.54, 1.807) is 0 Å². The van der Waals surface area contributed by atoms with Crippen LogP contribution in [0.4, 0.5) is 5.69 Å². The molecule has 1 aliphatic carbocycles. The minimum Gasteiger partial charge on any atom is -0.399 e. The lowest BCUT2D eigenvalue weighted by atomic mass is 9.74. The van der Waals surface area contributed by atoms with E-state index in [-0.39, 0.29) is 11.3 Å². The van der Waals surface area contributed by atoms with Gasteiger partial charge in [0.15, 0.2) is 0 Å². The van der Waals surface area contributed by atoms with Gasteiger partial charge >= 0.3 is 0 Å². The second kappa shape index (κ2) is 5.64. The van der Waals surface area contributed by atoms with Gasteiger partial charge in [-0.15, -0.1) is 0 Å². The Labute approximate surface area is 115 Å². The quantitative estimate of drug-likeness (QED) is 0.848. The Morgan fingerprint density at radius 1 is 1.21 bits per heavy atom. The highest BCUT2D eigenvalue weighted by atomic mass is 16.2. The lowest BCUT2D eigenvalue weighted by molar-refractivity contribution is -0.142. The molecule has 1 amide bonds. The zero-order chi connectivity index (χ0) is 13.9. The molecule has 2 N–H and O–H groups in total. The molecule has 0 aromatic heterocycles. The SMILES string of the molecule is CN(Cc1ccc(N)cc1)C(=O)C1(C)CCCCC1. The summed E-state index contributed by atoms with van der Waals surface area (Å²) in [6, 6.07) is 7.75. The second-order valence-corrected chi connectivity index (χ2v) is 6.02. The number of hydrogen-bond donors (Lipinski definition) is 1. The van der Waals surface area contributed by atoms with Crippen molar-refractivity contribution in [3.05, 3.63) is 29.8 Å². The topological polar surface area (TPSA) is 46.3 Å². The second-order valence-electron chi connectivity index (χ2n) is 6.02. The Balaban J connectivity index is 2.00. The number of nitrogen functional groups attached to an aromatic ring is 1. The Bertz CT molecular complexity index is 433. The first kappa shape index (κ1) is 13.9. The third kappa shape index (κ3) is 3.28. The highest BCUT2D eigenvalue weighted by molar-refractivity contribution is 5.82. The Morgan fingerprint density at radius 2 is 1.79 bits per heavy atom. The van der Waals surface area contributed by atoms with Crippen molar-refractivity contribution < 1.29 is 4.79 Å². The lowest BCUT2D eigenvalue weighted by Crippen LogP contribution is -2.41. The van der Waals surface area contributed by atoms with Crippen molar-refractivity contribution in [2.24, 2.45) is 5.41 Å². The summed E-state index contributed by atoms with van der Waals surface area (Å²) >= 11 is 0. The van der Waals surface area contributed by atoms with Crippen molar-refractivity contribution >= 4 is 11.6 Å². The van der Waals surface area contributed by atoms with Crippen molar-refractivity contribution in [2.45, 2.75) is 45.6 Å². The molecule has 0 atom stereocenters. The van der Waals surface area contributed by atoms with Crippen LogP contribution in [0.3, 0.4) is 0 Å². The fourth-order valence-corrected chi connectivity index (χ4v) is 2.98. The van der Waals surface area contributed by atoms with Crippen LogP contribution in [0.25, 0.3) is 0 Å². The summed E-state index contributed by atoms with van der Waals surface area (Å²) in [5.41, 5.74) is 7.41. The van der Waals surface area contributed by atoms with Gasteiger partial charge in [-0.25, -0.2) is 0 Å². The van der Waals surface area contributed by atoms with E-state index in [0.29, 0.717) is 6.54 Å². The van der Waals surface area contributed by atoms with Crippen molar-refractivity contribution in [1.82, 2.24) is 4.90 Å². The van der Waals surface area contributed by atoms with Gasteiger partial charge in [-0.2, -0.15) is 0 Å². The van der Waals surface area contributed by atoms with Gasteiger partial charge < -0.3 is 10.6 Å². The molecule has 1 aromatic rings. The maximum Gasteiger partial charge on any atom is 0.228 e. The van der Waals surface area contributed by atoms with E-state index in [0.717, 1.165) is 24.1 Å². The number of anilines is 1. The van der Waals surface area contributed by atoms with Crippen molar-refractivity contribution in [3.63, 3.8) is 0 Å². The number of nitrogens with two attached hydrogens (primary N) is 1. The van der Waals surface area contributed by atoms with E-state index < -0.39 is 0 Å². The molecule has 1 fully saturated rings. The zero-order valence-corrected chi connectivity index (χ0v) is 12.0. The van der Waals surface area contributed by atoms with Crippen LogP contribution in [0.1, 0.15) is 44.6 Å². The number of amides is 1. The van der Waals surface area contributed by atoms with Gasteiger partial charge in [0.25, 0.3) is 0 Å². The van der Waals surface area contributed by atoms with Gasteiger partial charge in [-0.3, -0.25) is 4.79 Å². The Hall–Kier alpha value is -1.51. The van der Waals surface area contributed by atoms with Crippen LogP contribution in [-0.2, 0) is 11.3 Å². The number of carbonyl (C=O) groups is 1. The fourth-order valence-electron chi connectivity index (χ4n) is 2.98. The molecule has 0 radical (unpaired) electrons. The molecule has 1 saturated carbocycles. The standard InChI is InChI=1S/C16H24N2O/c1-16(10-4-3-5-11-16)15(19)18(2)12-13-6-8-14(17)9-7-13/h6-9H,3-5,10-12,17H2,1-2H3. The summed E-state index contributed by atoms with van der Waals surface area (Å²) in [5.74, 6) is 0.282. The highest BCUT2D eigenvalue weighted by Crippen LogP contribution is 2.37. The van der Waals surface area contributed by atoms with E-state index in [9.17, 15) is 4.79 Å². The Kier molecular flexibility index (Phi) is 4.13. The minimum atomic E-state index is -0.152. The van der Waals surface area contributed by atoms with Crippen LogP contribution in [0, 0.1) is 5.41 Å². The number of benzene rings is 1. The molecule has 1 aliphatic rings. The molecule has 0 unspecified atom stereocenters. The molecule has 0 bridgehead atoms. The average Bonchev–Trinajstić information content (AvgIpc) is 2.41. The summed E-state index contributed by atoms with van der Waals surface area (Å²) in [4.78, 5) is 14.5. The van der Waals surface area contributed by atoms with Crippen molar-refractivity contribution in [2.75, 3.05) is 12.8 Å². The summed E-state index contributed by atoms with van der Waals surface area (Å²) in [7, 11) is 1.90. The fraction of sp³-hybridized carbons (Fsp3) is 0.562. The number of nitrogens with zero attached hydrogens (tertiary/aromatic N) is 1. The van der Waals surface area contributed by atoms with Crippen LogP contribution in [0.5, 0.6) is 0 Å². The van der Waals surface area contributed by atoms with Gasteiger partial charge in [0.2, 0.25) is 5.91 Å². The van der Waals surface area contributed by atoms with E-state index in [1.165, 1.54) is 19.3 Å². The predicted molar refractivity (Wildman–Crippen MR) is 78.5 cm³/mol. The van der Waals surface area contributed by atoms with Gasteiger partial charge in [-0.1, -0.05) is 38.3 Å². The zero-order valence-electron chi connectivity index (χ0n) is 12.0. The predicted octanol–water partition coefficient (Wildman–Crippen LogP) is 3.20. The minimum absolute atomic E-state index is 0.152. The van der Waals surface area contributed by atoms with Crippen LogP contribution in [0.2, 0.25) is 0 Å². The first-order valence-corrected chi connectivity index (χ1v) is 7.11. The van der Waals surface area contributed by atoms with Crippen molar-refractivity contribution in [1.29, 1.82) is 0 Å². The van der Waals surface area contributed by atoms with Crippen LogP contribution < -0.4 is 5.73 Å². The molecular formula is C16H24N2O. The molecule has 19 heavy (non-hydrogen) atoms. The van der Waals surface area contributed by atoms with Gasteiger partial charge in [0.1, 0.15) is 0 Å². The number of carbonyl (C=O) groups excluding carboxylic acids is 1. The van der Waals surface area contributed by atoms with E-state index in [4.69, 9.17) is 5.73 Å². The molecule has 1 aromatic carbocycles. The first-order valence-electron chi connectivity index (χ1n) is 7.11. The highest BCUT2D eigenvalue weighted by Gasteiger charge is 2.36. The molecule has 2 rings (SSSR count). The van der Waals surface area contributed by atoms with E-state index in [1.807, 2.05) is 36.2 Å². The van der Waals surface area contributed by atoms with E-state index in [2.05, 4.69) is 6.92 Å². The monoisotopic (exact) mass is 260 g/mol. The normalized spacial score (nSPS) is 18.0. The number of hydrogen-bond acceptors (Lipinski definition) is 2. The van der Waals surface area contributed by atoms with Crippen LogP contribution in [-0.4, -0.2) is 17.9 Å². The molecule has 0 aliphatic heterocycles. The maximum absolute atomic E-state index is 12.6. The lowest BCUT2D eigenvalue weighted by Gasteiger charge is -2.35. The molecule has 0 heterocycles. The molecule has 0 saturated heterocycles. The maximum atomic E-state index is 12.6. The molecule has 3 heteroatoms. The molecule has 104 valence electrons. The molecule has 0 spiro atoms. The third-order valence-electron chi connectivity index (χ3n) is 4.22. The summed E-state index contributed by atoms with van der Waals surface area (Å²) in [5, 5.41) is 0. The van der Waals surface area contributed by atoms with E-state index >= 15 is 0 Å². The Morgan fingerprint density at radius 3 is 2.37 bits per heavy atom. The van der Waals surface area contributed by atoms with Gasteiger partial charge in [0.05, 0.1) is 0 Å². The molecular weight excluding hydrogens is 236 g/mol. The summed E-state index contributed by atoms with van der Waals surface area (Å²) in [6.07, 6.45) is 5.68. The van der Waals surface area contributed by atoms with Gasteiger partial charge in [-0.05, 0) is 30.5 Å². The smallest absolute Gasteiger partial charge is 0.228 e. The summed E-state index contributed by atoms with van der Waals surface area (Å²) < 4.78 is 0. The molecule has 3 nitrogen and oxygen atoms in total. The third-order valence-corrected chi connectivity index (χ3v) is 4.22. The van der Waals surface area contributed by atoms with Crippen molar-refractivity contribution in [3.8, 4) is 0 Å². The van der Waals surface area contributed by atoms with Gasteiger partial charge in [0, 0.05) is 24.7 Å². The first-order chi connectivity index (χ1) is 9.01. The largest absolute Gasteiger partial charge is 0.399 e. The van der Waals surface area contributed by atoms with Crippen LogP contribution >= 0.6 is 0 Å². The van der Waals surface area contributed by atoms with Crippen LogP contribution in [0.15, 0.2) is 24.3 Å².